The average Bonchev–Trinajstić information content (AvgIpc) is 3.22. The molecule has 0 spiro atoms. The molecule has 1 fully saturated rings. The van der Waals surface area contributed by atoms with Crippen molar-refractivity contribution in [2.75, 3.05) is 19.8 Å². The van der Waals surface area contributed by atoms with Gasteiger partial charge in [0.15, 0.2) is 5.03 Å². The van der Waals surface area contributed by atoms with Crippen molar-refractivity contribution < 1.29 is 13.2 Å². The number of nitrogens with zero attached hydrogens (tertiary/aromatic N) is 4. The predicted octanol–water partition coefficient (Wildman–Crippen LogP) is 1.86. The highest BCUT2D eigenvalue weighted by molar-refractivity contribution is 7.89. The molecule has 1 aliphatic heterocycles. The maximum atomic E-state index is 13.1. The van der Waals surface area contributed by atoms with Crippen molar-refractivity contribution >= 4 is 10.0 Å². The van der Waals surface area contributed by atoms with Gasteiger partial charge in [0.2, 0.25) is 0 Å². The van der Waals surface area contributed by atoms with Gasteiger partial charge in [-0.2, -0.15) is 4.31 Å². The molecule has 0 N–H and O–H groups in total. The molecule has 1 unspecified atom stereocenters. The molecule has 1 atom stereocenters. The fourth-order valence-corrected chi connectivity index (χ4v) is 4.90. The van der Waals surface area contributed by atoms with Crippen LogP contribution in [0.15, 0.2) is 35.9 Å². The zero-order valence-corrected chi connectivity index (χ0v) is 15.9. The van der Waals surface area contributed by atoms with Crippen molar-refractivity contribution in [3.63, 3.8) is 0 Å². The maximum absolute atomic E-state index is 13.1. The van der Waals surface area contributed by atoms with E-state index in [4.69, 9.17) is 4.74 Å². The molecule has 0 saturated heterocycles. The Kier molecular flexibility index (Phi) is 4.90. The topological polar surface area (TPSA) is 69.4 Å². The van der Waals surface area contributed by atoms with Crippen molar-refractivity contribution in [3.8, 4) is 0 Å². The summed E-state index contributed by atoms with van der Waals surface area (Å²) in [6, 6.07) is 3.97. The number of sulfonamides is 1. The smallest absolute Gasteiger partial charge is 0.262 e. The minimum atomic E-state index is -3.60. The fraction of sp³-hybridized carbons (Fsp3) is 0.611. The zero-order chi connectivity index (χ0) is 18.1. The quantitative estimate of drug-likeness (QED) is 0.690. The molecule has 0 radical (unpaired) electrons. The Morgan fingerprint density at radius 3 is 2.85 bits per heavy atom. The van der Waals surface area contributed by atoms with Crippen molar-refractivity contribution in [1.82, 2.24) is 18.4 Å². The normalized spacial score (nSPS) is 21.5. The summed E-state index contributed by atoms with van der Waals surface area (Å²) in [6.07, 6.45) is 8.55. The van der Waals surface area contributed by atoms with Crippen molar-refractivity contribution in [1.29, 1.82) is 0 Å². The molecule has 4 rings (SSSR count). The lowest BCUT2D eigenvalue weighted by Gasteiger charge is -2.22. The summed E-state index contributed by atoms with van der Waals surface area (Å²) in [4.78, 5) is 4.07. The van der Waals surface area contributed by atoms with E-state index in [0.717, 1.165) is 31.2 Å². The molecular weight excluding hydrogens is 352 g/mol. The first-order chi connectivity index (χ1) is 12.5. The second kappa shape index (κ2) is 7.17. The SMILES string of the molecule is Cn1cnc(S(=O)(=O)N2Cc3cccn3CC(CCOCC3CC3)C2)c1. The third-order valence-corrected chi connectivity index (χ3v) is 6.88. The minimum Gasteiger partial charge on any atom is -0.381 e. The maximum Gasteiger partial charge on any atom is 0.262 e. The van der Waals surface area contributed by atoms with E-state index in [9.17, 15) is 8.42 Å². The summed E-state index contributed by atoms with van der Waals surface area (Å²) in [5.41, 5.74) is 1.02. The third kappa shape index (κ3) is 3.87. The summed E-state index contributed by atoms with van der Waals surface area (Å²) >= 11 is 0. The summed E-state index contributed by atoms with van der Waals surface area (Å²) < 4.78 is 37.3. The predicted molar refractivity (Wildman–Crippen MR) is 96.9 cm³/mol. The van der Waals surface area contributed by atoms with Crippen LogP contribution in [0.3, 0.4) is 0 Å². The molecular formula is C18H26N4O3S. The van der Waals surface area contributed by atoms with Crippen LogP contribution in [0, 0.1) is 11.8 Å². The highest BCUT2D eigenvalue weighted by Gasteiger charge is 2.32. The van der Waals surface area contributed by atoms with Crippen LogP contribution in [0.25, 0.3) is 0 Å². The summed E-state index contributed by atoms with van der Waals surface area (Å²) in [6.45, 7) is 3.23. The van der Waals surface area contributed by atoms with Crippen LogP contribution in [-0.2, 0) is 34.9 Å². The summed E-state index contributed by atoms with van der Waals surface area (Å²) in [5, 5.41) is 0.115. The van der Waals surface area contributed by atoms with Crippen LogP contribution in [0.4, 0.5) is 0 Å². The van der Waals surface area contributed by atoms with Gasteiger partial charge in [-0.1, -0.05) is 0 Å². The number of hydrogen-bond acceptors (Lipinski definition) is 4. The first kappa shape index (κ1) is 17.8. The second-order valence-corrected chi connectivity index (χ2v) is 9.38. The Labute approximate surface area is 154 Å². The molecule has 0 amide bonds. The highest BCUT2D eigenvalue weighted by Crippen LogP contribution is 2.29. The molecule has 1 aliphatic carbocycles. The number of hydrogen-bond donors (Lipinski definition) is 0. The summed E-state index contributed by atoms with van der Waals surface area (Å²) in [5.74, 6) is 0.975. The van der Waals surface area contributed by atoms with Gasteiger partial charge in [0.05, 0.1) is 12.9 Å². The highest BCUT2D eigenvalue weighted by atomic mass is 32.2. The zero-order valence-electron chi connectivity index (χ0n) is 15.1. The fourth-order valence-electron chi connectivity index (χ4n) is 3.44. The van der Waals surface area contributed by atoms with Gasteiger partial charge in [-0.15, -0.1) is 0 Å². The third-order valence-electron chi connectivity index (χ3n) is 5.18. The largest absolute Gasteiger partial charge is 0.381 e. The van der Waals surface area contributed by atoms with Gasteiger partial charge in [-0.25, -0.2) is 13.4 Å². The molecule has 2 aromatic rings. The molecule has 0 aromatic carbocycles. The van der Waals surface area contributed by atoms with E-state index in [1.54, 1.807) is 22.1 Å². The molecule has 142 valence electrons. The second-order valence-electron chi connectivity index (χ2n) is 7.50. The van der Waals surface area contributed by atoms with Gasteiger partial charge >= 0.3 is 0 Å². The Balaban J connectivity index is 1.50. The van der Waals surface area contributed by atoms with Crippen molar-refractivity contribution in [2.24, 2.45) is 18.9 Å². The first-order valence-electron chi connectivity index (χ1n) is 9.22. The molecule has 3 heterocycles. The monoisotopic (exact) mass is 378 g/mol. The number of fused-ring (bicyclic) bond motifs is 1. The van der Waals surface area contributed by atoms with Crippen molar-refractivity contribution in [2.45, 2.75) is 37.4 Å². The molecule has 7 nitrogen and oxygen atoms in total. The molecule has 8 heteroatoms. The number of ether oxygens (including phenoxy) is 1. The van der Waals surface area contributed by atoms with E-state index >= 15 is 0 Å². The van der Waals surface area contributed by atoms with Gasteiger partial charge in [-0.05, 0) is 43.2 Å². The lowest BCUT2D eigenvalue weighted by Crippen LogP contribution is -2.34. The minimum absolute atomic E-state index is 0.115. The lowest BCUT2D eigenvalue weighted by molar-refractivity contribution is 0.106. The number of imidazole rings is 1. The molecule has 2 aromatic heterocycles. The molecule has 0 bridgehead atoms. The first-order valence-corrected chi connectivity index (χ1v) is 10.7. The van der Waals surface area contributed by atoms with Crippen LogP contribution in [0.1, 0.15) is 25.0 Å². The summed E-state index contributed by atoms with van der Waals surface area (Å²) in [7, 11) is -1.83. The van der Waals surface area contributed by atoms with Gasteiger partial charge in [0.1, 0.15) is 0 Å². The Bertz CT molecular complexity index is 853. The van der Waals surface area contributed by atoms with Crippen LogP contribution >= 0.6 is 0 Å². The van der Waals surface area contributed by atoms with E-state index in [2.05, 4.69) is 9.55 Å². The average molecular weight is 378 g/mol. The standard InChI is InChI=1S/C18H26N4O3S/c1-20-12-18(19-14-20)26(23,24)22-10-16(6-8-25-13-15-4-5-15)9-21-7-2-3-17(21)11-22/h2-3,7,12,14-16H,4-6,8-11,13H2,1H3. The lowest BCUT2D eigenvalue weighted by atomic mass is 10.1. The van der Waals surface area contributed by atoms with Crippen LogP contribution in [-0.4, -0.2) is 46.6 Å². The van der Waals surface area contributed by atoms with E-state index in [0.29, 0.717) is 19.7 Å². The van der Waals surface area contributed by atoms with Gasteiger partial charge in [0, 0.05) is 51.4 Å². The Morgan fingerprint density at radius 2 is 2.12 bits per heavy atom. The Hall–Kier alpha value is -1.64. The molecule has 26 heavy (non-hydrogen) atoms. The van der Waals surface area contributed by atoms with E-state index < -0.39 is 10.0 Å². The van der Waals surface area contributed by atoms with E-state index in [-0.39, 0.29) is 10.9 Å². The molecule has 1 saturated carbocycles. The van der Waals surface area contributed by atoms with Crippen LogP contribution in [0.2, 0.25) is 0 Å². The van der Waals surface area contributed by atoms with Crippen molar-refractivity contribution in [3.05, 3.63) is 36.5 Å². The van der Waals surface area contributed by atoms with Crippen LogP contribution in [0.5, 0.6) is 0 Å². The van der Waals surface area contributed by atoms with Crippen LogP contribution < -0.4 is 0 Å². The van der Waals surface area contributed by atoms with Gasteiger partial charge < -0.3 is 13.9 Å². The van der Waals surface area contributed by atoms with Gasteiger partial charge in [-0.3, -0.25) is 0 Å². The van der Waals surface area contributed by atoms with E-state index in [1.165, 1.54) is 19.2 Å². The Morgan fingerprint density at radius 1 is 1.27 bits per heavy atom. The number of rotatable bonds is 7. The van der Waals surface area contributed by atoms with E-state index in [1.807, 2.05) is 18.3 Å². The number of aromatic nitrogens is 3. The molecule has 2 aliphatic rings. The van der Waals surface area contributed by atoms with Gasteiger partial charge in [0.25, 0.3) is 10.0 Å². The number of aryl methyl sites for hydroxylation is 1.